The number of nitrogens with one attached hydrogen (secondary N) is 1. The van der Waals surface area contributed by atoms with Crippen LogP contribution in [-0.2, 0) is 5.41 Å². The molecule has 0 amide bonds. The molecule has 1 N–H and O–H groups in total. The third-order valence-electron chi connectivity index (χ3n) is 6.15. The van der Waals surface area contributed by atoms with Crippen molar-refractivity contribution in [3.63, 3.8) is 0 Å². The first kappa shape index (κ1) is 17.7. The van der Waals surface area contributed by atoms with Gasteiger partial charge < -0.3 is 4.98 Å². The molecule has 30 heavy (non-hydrogen) atoms. The van der Waals surface area contributed by atoms with Crippen LogP contribution in [0.15, 0.2) is 78.9 Å². The topological polar surface area (TPSA) is 15.8 Å². The zero-order chi connectivity index (χ0) is 20.5. The summed E-state index contributed by atoms with van der Waals surface area (Å²) in [5, 5.41) is 5.31. The quantitative estimate of drug-likeness (QED) is 0.282. The molecule has 0 atom stereocenters. The molecule has 146 valence electrons. The summed E-state index contributed by atoms with van der Waals surface area (Å²) in [6, 6.07) is 28.9. The molecule has 0 aliphatic carbocycles. The minimum Gasteiger partial charge on any atom is -0.355 e. The van der Waals surface area contributed by atoms with Gasteiger partial charge in [0, 0.05) is 42.0 Å². The summed E-state index contributed by atoms with van der Waals surface area (Å²) in [5.41, 5.74) is 6.54. The van der Waals surface area contributed by atoms with E-state index >= 15 is 0 Å². The Morgan fingerprint density at radius 1 is 0.633 bits per heavy atom. The number of hydrogen-bond donors (Lipinski definition) is 1. The van der Waals surface area contributed by atoms with Crippen LogP contribution in [0.3, 0.4) is 0 Å². The largest absolute Gasteiger partial charge is 0.355 e. The number of hydrogen-bond acceptors (Lipinski definition) is 1. The second kappa shape index (κ2) is 6.20. The van der Waals surface area contributed by atoms with E-state index in [4.69, 9.17) is 0 Å². The SMILES string of the molecule is CC(C)(C)c1cccc2c1sc1c(-c3ccc4[nH]c5ccccc5c4c3)cccc12. The number of aromatic amines is 1. The van der Waals surface area contributed by atoms with Gasteiger partial charge in [-0.15, -0.1) is 11.3 Å². The molecule has 0 unspecified atom stereocenters. The summed E-state index contributed by atoms with van der Waals surface area (Å²) < 4.78 is 2.80. The molecule has 2 aromatic heterocycles. The zero-order valence-electron chi connectivity index (χ0n) is 17.4. The molecule has 0 fully saturated rings. The minimum atomic E-state index is 0.128. The van der Waals surface area contributed by atoms with Gasteiger partial charge in [-0.1, -0.05) is 81.4 Å². The second-order valence-corrected chi connectivity index (χ2v) is 10.2. The Balaban J connectivity index is 1.66. The van der Waals surface area contributed by atoms with E-state index < -0.39 is 0 Å². The number of H-pyrrole nitrogens is 1. The van der Waals surface area contributed by atoms with Crippen molar-refractivity contribution in [3.8, 4) is 11.1 Å². The maximum atomic E-state index is 3.54. The van der Waals surface area contributed by atoms with Gasteiger partial charge in [0.2, 0.25) is 0 Å². The molecule has 2 heteroatoms. The zero-order valence-corrected chi connectivity index (χ0v) is 18.2. The van der Waals surface area contributed by atoms with Crippen molar-refractivity contribution in [1.82, 2.24) is 4.98 Å². The second-order valence-electron chi connectivity index (χ2n) is 9.15. The predicted octanol–water partition coefficient (Wildman–Crippen LogP) is 8.65. The van der Waals surface area contributed by atoms with Crippen LogP contribution >= 0.6 is 11.3 Å². The van der Waals surface area contributed by atoms with Crippen LogP contribution in [0.5, 0.6) is 0 Å². The van der Waals surface area contributed by atoms with E-state index in [-0.39, 0.29) is 5.41 Å². The van der Waals surface area contributed by atoms with Gasteiger partial charge in [0.05, 0.1) is 0 Å². The summed E-state index contributed by atoms with van der Waals surface area (Å²) >= 11 is 1.94. The Labute approximate surface area is 180 Å². The standard InChI is InChI=1S/C28H23NS/c1-28(2,3)23-12-7-11-21-20-10-6-9-18(26(20)30-27(21)23)17-14-15-25-22(16-17)19-8-4-5-13-24(19)29-25/h4-16,29H,1-3H3. The van der Waals surface area contributed by atoms with Gasteiger partial charge in [-0.25, -0.2) is 0 Å². The van der Waals surface area contributed by atoms with Crippen molar-refractivity contribution in [2.45, 2.75) is 26.2 Å². The van der Waals surface area contributed by atoms with Gasteiger partial charge in [0.25, 0.3) is 0 Å². The van der Waals surface area contributed by atoms with E-state index in [1.807, 2.05) is 11.3 Å². The molecule has 2 heterocycles. The highest BCUT2D eigenvalue weighted by molar-refractivity contribution is 7.26. The molecule has 4 aromatic carbocycles. The molecule has 6 rings (SSSR count). The molecular formula is C28H23NS. The molecule has 0 radical (unpaired) electrons. The first-order valence-corrected chi connectivity index (χ1v) is 11.3. The van der Waals surface area contributed by atoms with Crippen LogP contribution in [0.25, 0.3) is 53.1 Å². The number of thiophene rings is 1. The van der Waals surface area contributed by atoms with E-state index in [1.165, 1.54) is 58.7 Å². The maximum absolute atomic E-state index is 3.54. The number of fused-ring (bicyclic) bond motifs is 6. The number of aromatic nitrogens is 1. The van der Waals surface area contributed by atoms with Gasteiger partial charge >= 0.3 is 0 Å². The summed E-state index contributed by atoms with van der Waals surface area (Å²) in [7, 11) is 0. The fourth-order valence-electron chi connectivity index (χ4n) is 4.65. The van der Waals surface area contributed by atoms with Crippen LogP contribution in [0.4, 0.5) is 0 Å². The van der Waals surface area contributed by atoms with Gasteiger partial charge in [0.1, 0.15) is 0 Å². The summed E-state index contributed by atoms with van der Waals surface area (Å²) in [6.07, 6.45) is 0. The Morgan fingerprint density at radius 2 is 1.33 bits per heavy atom. The van der Waals surface area contributed by atoms with Crippen molar-refractivity contribution >= 4 is 53.3 Å². The van der Waals surface area contributed by atoms with Crippen molar-refractivity contribution in [1.29, 1.82) is 0 Å². The predicted molar refractivity (Wildman–Crippen MR) is 133 cm³/mol. The first-order valence-electron chi connectivity index (χ1n) is 10.5. The monoisotopic (exact) mass is 405 g/mol. The highest BCUT2D eigenvalue weighted by Crippen LogP contribution is 2.44. The van der Waals surface area contributed by atoms with E-state index in [1.54, 1.807) is 0 Å². The average molecular weight is 406 g/mol. The van der Waals surface area contributed by atoms with Crippen molar-refractivity contribution in [2.75, 3.05) is 0 Å². The van der Waals surface area contributed by atoms with E-state index in [9.17, 15) is 0 Å². The molecular weight excluding hydrogens is 382 g/mol. The van der Waals surface area contributed by atoms with Gasteiger partial charge in [-0.3, -0.25) is 0 Å². The van der Waals surface area contributed by atoms with E-state index in [0.717, 1.165) is 0 Å². The highest BCUT2D eigenvalue weighted by atomic mass is 32.1. The maximum Gasteiger partial charge on any atom is 0.0465 e. The van der Waals surface area contributed by atoms with Crippen LogP contribution in [0.2, 0.25) is 0 Å². The molecule has 0 aliphatic rings. The summed E-state index contributed by atoms with van der Waals surface area (Å²) in [5.74, 6) is 0. The number of rotatable bonds is 1. The van der Waals surface area contributed by atoms with Crippen molar-refractivity contribution in [2.24, 2.45) is 0 Å². The Bertz CT molecular complexity index is 1570. The minimum absolute atomic E-state index is 0.128. The lowest BCUT2D eigenvalue weighted by Gasteiger charge is -2.19. The Morgan fingerprint density at radius 3 is 2.17 bits per heavy atom. The molecule has 0 aliphatic heterocycles. The van der Waals surface area contributed by atoms with Crippen molar-refractivity contribution < 1.29 is 0 Å². The molecule has 1 nitrogen and oxygen atoms in total. The lowest BCUT2D eigenvalue weighted by atomic mass is 9.86. The fraction of sp³-hybridized carbons (Fsp3) is 0.143. The van der Waals surface area contributed by atoms with Crippen LogP contribution < -0.4 is 0 Å². The third kappa shape index (κ3) is 2.54. The molecule has 0 bridgehead atoms. The Kier molecular flexibility index (Phi) is 3.66. The molecule has 0 saturated heterocycles. The lowest BCUT2D eigenvalue weighted by molar-refractivity contribution is 0.597. The lowest BCUT2D eigenvalue weighted by Crippen LogP contribution is -2.10. The summed E-state index contributed by atoms with van der Waals surface area (Å²) in [4.78, 5) is 3.54. The van der Waals surface area contributed by atoms with Crippen LogP contribution in [-0.4, -0.2) is 4.98 Å². The number of benzene rings is 4. The fourth-order valence-corrected chi connectivity index (χ4v) is 6.21. The van der Waals surface area contributed by atoms with Gasteiger partial charge in [0.15, 0.2) is 0 Å². The van der Waals surface area contributed by atoms with Gasteiger partial charge in [-0.05, 0) is 40.3 Å². The van der Waals surface area contributed by atoms with Crippen LogP contribution in [0, 0.1) is 0 Å². The van der Waals surface area contributed by atoms with Gasteiger partial charge in [-0.2, -0.15) is 0 Å². The number of para-hydroxylation sites is 1. The van der Waals surface area contributed by atoms with Crippen molar-refractivity contribution in [3.05, 3.63) is 84.4 Å². The third-order valence-corrected chi connectivity index (χ3v) is 7.44. The normalized spacial score (nSPS) is 12.5. The average Bonchev–Trinajstić information content (AvgIpc) is 3.30. The van der Waals surface area contributed by atoms with E-state index in [2.05, 4.69) is 105 Å². The smallest absolute Gasteiger partial charge is 0.0465 e. The Hall–Kier alpha value is -3.10. The highest BCUT2D eigenvalue weighted by Gasteiger charge is 2.20. The molecule has 6 aromatic rings. The summed E-state index contributed by atoms with van der Waals surface area (Å²) in [6.45, 7) is 6.91. The molecule has 0 saturated carbocycles. The first-order chi connectivity index (χ1) is 14.5. The van der Waals surface area contributed by atoms with Crippen LogP contribution in [0.1, 0.15) is 26.3 Å². The van der Waals surface area contributed by atoms with E-state index in [0.29, 0.717) is 0 Å². The molecule has 0 spiro atoms.